The minimum Gasteiger partial charge on any atom is -0.462 e. The van der Waals surface area contributed by atoms with Crippen molar-refractivity contribution in [2.45, 2.75) is 245 Å². The summed E-state index contributed by atoms with van der Waals surface area (Å²) >= 11 is 0. The molecule has 0 aliphatic carbocycles. The van der Waals surface area contributed by atoms with Gasteiger partial charge in [-0.1, -0.05) is 186 Å². The van der Waals surface area contributed by atoms with Gasteiger partial charge in [-0.3, -0.25) is 14.4 Å². The fourth-order valence-electron chi connectivity index (χ4n) is 6.40. The molecule has 0 fully saturated rings. The van der Waals surface area contributed by atoms with Gasteiger partial charge < -0.3 is 14.2 Å². The number of carbonyl (C=O) groups is 3. The molecule has 6 heteroatoms. The average Bonchev–Trinajstić information content (AvgIpc) is 3.15. The van der Waals surface area contributed by atoms with E-state index in [1.807, 2.05) is 0 Å². The van der Waals surface area contributed by atoms with Gasteiger partial charge in [0.15, 0.2) is 6.10 Å². The van der Waals surface area contributed by atoms with Crippen LogP contribution in [0.4, 0.5) is 0 Å². The van der Waals surface area contributed by atoms with Gasteiger partial charge in [0.25, 0.3) is 0 Å². The predicted octanol–water partition coefficient (Wildman–Crippen LogP) is 14.4. The number of carbonyl (C=O) groups excluding carboxylic acids is 3. The molecule has 0 spiro atoms. The zero-order valence-corrected chi connectivity index (χ0v) is 35.3. The van der Waals surface area contributed by atoms with Crippen molar-refractivity contribution in [3.8, 4) is 0 Å². The Balaban J connectivity index is 4.36. The molecule has 0 radical (unpaired) electrons. The van der Waals surface area contributed by atoms with E-state index in [2.05, 4.69) is 45.1 Å². The molecule has 53 heavy (non-hydrogen) atoms. The van der Waals surface area contributed by atoms with E-state index in [0.29, 0.717) is 19.3 Å². The van der Waals surface area contributed by atoms with E-state index in [1.54, 1.807) is 0 Å². The predicted molar refractivity (Wildman–Crippen MR) is 224 cm³/mol. The monoisotopic (exact) mass is 747 g/mol. The number of allylic oxidation sites excluding steroid dienone is 4. The van der Waals surface area contributed by atoms with E-state index in [0.717, 1.165) is 77.0 Å². The highest BCUT2D eigenvalue weighted by Gasteiger charge is 2.19. The van der Waals surface area contributed by atoms with Gasteiger partial charge in [-0.25, -0.2) is 0 Å². The van der Waals surface area contributed by atoms with Crippen molar-refractivity contribution >= 4 is 17.9 Å². The maximum atomic E-state index is 12.7. The molecule has 0 aliphatic heterocycles. The lowest BCUT2D eigenvalue weighted by Gasteiger charge is -2.18. The Morgan fingerprint density at radius 2 is 0.642 bits per heavy atom. The van der Waals surface area contributed by atoms with E-state index >= 15 is 0 Å². The molecular weight excluding hydrogens is 661 g/mol. The first-order valence-corrected chi connectivity index (χ1v) is 22.8. The van der Waals surface area contributed by atoms with E-state index in [9.17, 15) is 14.4 Å². The molecule has 0 aromatic heterocycles. The van der Waals surface area contributed by atoms with Gasteiger partial charge in [-0.05, 0) is 57.8 Å². The molecular formula is C47H86O6. The highest BCUT2D eigenvalue weighted by molar-refractivity contribution is 5.71. The summed E-state index contributed by atoms with van der Waals surface area (Å²) in [5.41, 5.74) is 0. The molecule has 0 heterocycles. The summed E-state index contributed by atoms with van der Waals surface area (Å²) in [6.45, 7) is 6.55. The first kappa shape index (κ1) is 50.9. The highest BCUT2D eigenvalue weighted by atomic mass is 16.6. The van der Waals surface area contributed by atoms with Gasteiger partial charge in [0.05, 0.1) is 0 Å². The third-order valence-electron chi connectivity index (χ3n) is 9.93. The molecule has 0 aromatic rings. The first-order chi connectivity index (χ1) is 26.0. The third kappa shape index (κ3) is 40.9. The van der Waals surface area contributed by atoms with Crippen LogP contribution in [0.25, 0.3) is 0 Å². The van der Waals surface area contributed by atoms with Gasteiger partial charge in [0.1, 0.15) is 13.2 Å². The maximum absolute atomic E-state index is 12.7. The SMILES string of the molecule is CCCC/C=C\CCCCCCCC(=O)OC[C@H](COC(=O)CCCCCCCCCCCCCCC)OC(=O)CCCCCCC/C=C\CCCC. The lowest BCUT2D eigenvalue weighted by Crippen LogP contribution is -2.30. The van der Waals surface area contributed by atoms with Crippen molar-refractivity contribution in [1.29, 1.82) is 0 Å². The van der Waals surface area contributed by atoms with Crippen molar-refractivity contribution in [2.24, 2.45) is 0 Å². The van der Waals surface area contributed by atoms with Crippen LogP contribution in [-0.2, 0) is 28.6 Å². The summed E-state index contributed by atoms with van der Waals surface area (Å²) in [7, 11) is 0. The molecule has 310 valence electrons. The van der Waals surface area contributed by atoms with Crippen LogP contribution >= 0.6 is 0 Å². The van der Waals surface area contributed by atoms with Crippen LogP contribution in [0.3, 0.4) is 0 Å². The van der Waals surface area contributed by atoms with Crippen LogP contribution in [0.5, 0.6) is 0 Å². The number of hydrogen-bond acceptors (Lipinski definition) is 6. The Hall–Kier alpha value is -2.11. The van der Waals surface area contributed by atoms with Crippen LogP contribution < -0.4 is 0 Å². The zero-order valence-electron chi connectivity index (χ0n) is 35.3. The average molecular weight is 747 g/mol. The molecule has 0 N–H and O–H groups in total. The zero-order chi connectivity index (χ0) is 38.7. The molecule has 0 rings (SSSR count). The largest absolute Gasteiger partial charge is 0.462 e. The van der Waals surface area contributed by atoms with E-state index in [1.165, 1.54) is 122 Å². The van der Waals surface area contributed by atoms with Gasteiger partial charge in [0.2, 0.25) is 0 Å². The Morgan fingerprint density at radius 1 is 0.358 bits per heavy atom. The molecule has 0 saturated heterocycles. The van der Waals surface area contributed by atoms with Crippen LogP contribution in [0, 0.1) is 0 Å². The summed E-state index contributed by atoms with van der Waals surface area (Å²) in [6.07, 6.45) is 45.8. The molecule has 0 bridgehead atoms. The molecule has 0 unspecified atom stereocenters. The number of hydrogen-bond donors (Lipinski definition) is 0. The second kappa shape index (κ2) is 42.6. The lowest BCUT2D eigenvalue weighted by atomic mass is 10.0. The van der Waals surface area contributed by atoms with Crippen molar-refractivity contribution < 1.29 is 28.6 Å². The summed E-state index contributed by atoms with van der Waals surface area (Å²) in [5.74, 6) is -0.891. The van der Waals surface area contributed by atoms with Crippen molar-refractivity contribution in [3.63, 3.8) is 0 Å². The second-order valence-electron chi connectivity index (χ2n) is 15.3. The smallest absolute Gasteiger partial charge is 0.306 e. The lowest BCUT2D eigenvalue weighted by molar-refractivity contribution is -0.167. The molecule has 1 atom stereocenters. The molecule has 0 aromatic carbocycles. The Kier molecular flexibility index (Phi) is 40.9. The molecule has 6 nitrogen and oxygen atoms in total. The van der Waals surface area contributed by atoms with E-state index in [-0.39, 0.29) is 31.1 Å². The Bertz CT molecular complexity index is 865. The summed E-state index contributed by atoms with van der Waals surface area (Å²) in [6, 6.07) is 0. The highest BCUT2D eigenvalue weighted by Crippen LogP contribution is 2.15. The molecule has 0 saturated carbocycles. The van der Waals surface area contributed by atoms with E-state index < -0.39 is 6.10 Å². The quantitative estimate of drug-likeness (QED) is 0.0268. The normalized spacial score (nSPS) is 12.1. The van der Waals surface area contributed by atoms with Crippen molar-refractivity contribution in [2.75, 3.05) is 13.2 Å². The minimum atomic E-state index is -0.771. The van der Waals surface area contributed by atoms with Crippen LogP contribution in [-0.4, -0.2) is 37.2 Å². The summed E-state index contributed by atoms with van der Waals surface area (Å²) in [5, 5.41) is 0. The Morgan fingerprint density at radius 3 is 1.00 bits per heavy atom. The standard InChI is InChI=1S/C47H86O6/c1-4-7-10-13-16-19-22-23-26-28-31-34-37-40-46(49)52-43-44(53-47(50)41-38-35-32-29-25-21-18-15-12-9-6-3)42-51-45(48)39-36-33-30-27-24-20-17-14-11-8-5-2/h14-15,17-18,44H,4-13,16,19-43H2,1-3H3/b17-14-,18-15-/t44-/m1/s1. The van der Waals surface area contributed by atoms with Gasteiger partial charge in [-0.15, -0.1) is 0 Å². The molecule has 0 amide bonds. The van der Waals surface area contributed by atoms with Crippen molar-refractivity contribution in [3.05, 3.63) is 24.3 Å². The second-order valence-corrected chi connectivity index (χ2v) is 15.3. The van der Waals surface area contributed by atoms with Crippen LogP contribution in [0.15, 0.2) is 24.3 Å². The van der Waals surface area contributed by atoms with Crippen LogP contribution in [0.2, 0.25) is 0 Å². The topological polar surface area (TPSA) is 78.9 Å². The van der Waals surface area contributed by atoms with Gasteiger partial charge >= 0.3 is 17.9 Å². The fourth-order valence-corrected chi connectivity index (χ4v) is 6.40. The summed E-state index contributed by atoms with van der Waals surface area (Å²) in [4.78, 5) is 37.7. The van der Waals surface area contributed by atoms with E-state index in [4.69, 9.17) is 14.2 Å². The summed E-state index contributed by atoms with van der Waals surface area (Å²) < 4.78 is 16.7. The number of ether oxygens (including phenoxy) is 3. The Labute approximate surface area is 328 Å². The fraction of sp³-hybridized carbons (Fsp3) is 0.851. The van der Waals surface area contributed by atoms with Gasteiger partial charge in [-0.2, -0.15) is 0 Å². The number of unbranched alkanes of at least 4 members (excludes halogenated alkanes) is 26. The number of rotatable bonds is 41. The number of esters is 3. The van der Waals surface area contributed by atoms with Crippen LogP contribution in [0.1, 0.15) is 239 Å². The molecule has 0 aliphatic rings. The maximum Gasteiger partial charge on any atom is 0.306 e. The van der Waals surface area contributed by atoms with Crippen molar-refractivity contribution in [1.82, 2.24) is 0 Å². The first-order valence-electron chi connectivity index (χ1n) is 22.8. The third-order valence-corrected chi connectivity index (χ3v) is 9.93. The minimum absolute atomic E-state index is 0.0744. The van der Waals surface area contributed by atoms with Gasteiger partial charge in [0, 0.05) is 19.3 Å².